The summed E-state index contributed by atoms with van der Waals surface area (Å²) in [6.07, 6.45) is 1.98. The molecular formula is C24H30N6O3. The summed E-state index contributed by atoms with van der Waals surface area (Å²) >= 11 is 0. The molecule has 3 aromatic rings. The van der Waals surface area contributed by atoms with Crippen LogP contribution in [0.3, 0.4) is 0 Å². The molecule has 0 amide bonds. The average Bonchev–Trinajstić information content (AvgIpc) is 3.55. The van der Waals surface area contributed by atoms with Crippen molar-refractivity contribution in [1.29, 1.82) is 0 Å². The van der Waals surface area contributed by atoms with Crippen molar-refractivity contribution in [3.8, 4) is 11.8 Å². The van der Waals surface area contributed by atoms with Gasteiger partial charge in [-0.2, -0.15) is 4.68 Å². The summed E-state index contributed by atoms with van der Waals surface area (Å²) in [6.45, 7) is 2.01. The summed E-state index contributed by atoms with van der Waals surface area (Å²) in [7, 11) is 3.98. The quantitative estimate of drug-likeness (QED) is 0.498. The third kappa shape index (κ3) is 4.85. The number of hydrogen-bond acceptors (Lipinski definition) is 8. The molecule has 0 spiro atoms. The van der Waals surface area contributed by atoms with Crippen LogP contribution >= 0.6 is 0 Å². The monoisotopic (exact) mass is 450 g/mol. The van der Waals surface area contributed by atoms with E-state index < -0.39 is 0 Å². The van der Waals surface area contributed by atoms with Crippen LogP contribution in [-0.4, -0.2) is 72.3 Å². The van der Waals surface area contributed by atoms with Crippen LogP contribution in [0.15, 0.2) is 54.6 Å². The SMILES string of the molecule is CN(C)c1cccc(Oc2nnnn2[C@@H]2CO[C@@H]3[C@@H]2OC[C@@H]3NCCCc2ccccc2)c1. The number of rotatable bonds is 9. The Balaban J connectivity index is 1.18. The first-order chi connectivity index (χ1) is 16.2. The zero-order valence-corrected chi connectivity index (χ0v) is 19.0. The molecule has 3 heterocycles. The van der Waals surface area contributed by atoms with Gasteiger partial charge in [0.2, 0.25) is 0 Å². The molecule has 1 N–H and O–H groups in total. The van der Waals surface area contributed by atoms with Crippen LogP contribution in [0.1, 0.15) is 18.0 Å². The van der Waals surface area contributed by atoms with Crippen molar-refractivity contribution in [2.24, 2.45) is 0 Å². The predicted molar refractivity (Wildman–Crippen MR) is 124 cm³/mol. The molecule has 4 atom stereocenters. The van der Waals surface area contributed by atoms with Gasteiger partial charge >= 0.3 is 6.01 Å². The Morgan fingerprint density at radius 2 is 1.91 bits per heavy atom. The Labute approximate surface area is 193 Å². The number of ether oxygens (including phenoxy) is 3. The fraction of sp³-hybridized carbons (Fsp3) is 0.458. The number of tetrazole rings is 1. The summed E-state index contributed by atoms with van der Waals surface area (Å²) < 4.78 is 20.0. The van der Waals surface area contributed by atoms with E-state index in [1.807, 2.05) is 49.3 Å². The van der Waals surface area contributed by atoms with Gasteiger partial charge in [-0.15, -0.1) is 0 Å². The van der Waals surface area contributed by atoms with Gasteiger partial charge in [-0.1, -0.05) is 41.5 Å². The lowest BCUT2D eigenvalue weighted by molar-refractivity contribution is 0.0611. The van der Waals surface area contributed by atoms with Crippen LogP contribution in [0.4, 0.5) is 5.69 Å². The molecule has 2 saturated heterocycles. The number of benzene rings is 2. The fourth-order valence-electron chi connectivity index (χ4n) is 4.48. The average molecular weight is 451 g/mol. The molecule has 0 radical (unpaired) electrons. The molecular weight excluding hydrogens is 420 g/mol. The summed E-state index contributed by atoms with van der Waals surface area (Å²) in [5.74, 6) is 0.679. The van der Waals surface area contributed by atoms with E-state index in [2.05, 4.69) is 45.1 Å². The van der Waals surface area contributed by atoms with E-state index in [0.29, 0.717) is 25.0 Å². The second-order valence-corrected chi connectivity index (χ2v) is 8.71. The highest BCUT2D eigenvalue weighted by atomic mass is 16.6. The maximum absolute atomic E-state index is 6.13. The third-order valence-electron chi connectivity index (χ3n) is 6.24. The van der Waals surface area contributed by atoms with Crippen LogP contribution in [0, 0.1) is 0 Å². The van der Waals surface area contributed by atoms with E-state index in [4.69, 9.17) is 14.2 Å². The molecule has 2 aromatic carbocycles. The molecule has 0 unspecified atom stereocenters. The van der Waals surface area contributed by atoms with E-state index in [1.54, 1.807) is 4.68 Å². The minimum atomic E-state index is -0.131. The normalized spacial score (nSPS) is 24.1. The van der Waals surface area contributed by atoms with Crippen LogP contribution in [0.2, 0.25) is 0 Å². The Morgan fingerprint density at radius 1 is 1.06 bits per heavy atom. The lowest BCUT2D eigenvalue weighted by atomic mass is 10.1. The second-order valence-electron chi connectivity index (χ2n) is 8.71. The Morgan fingerprint density at radius 3 is 2.76 bits per heavy atom. The molecule has 1 aromatic heterocycles. The molecule has 9 nitrogen and oxygen atoms in total. The van der Waals surface area contributed by atoms with Gasteiger partial charge in [0.25, 0.3) is 0 Å². The summed E-state index contributed by atoms with van der Waals surface area (Å²) in [5, 5.41) is 15.7. The van der Waals surface area contributed by atoms with Crippen molar-refractivity contribution in [2.75, 3.05) is 38.8 Å². The molecule has 174 valence electrons. The van der Waals surface area contributed by atoms with Crippen molar-refractivity contribution >= 4 is 5.69 Å². The molecule has 0 bridgehead atoms. The standard InChI is InChI=1S/C24H30N6O3/c1-29(2)18-11-6-12-19(14-18)33-24-26-27-28-30(24)21-16-32-22-20(15-31-23(21)22)25-13-7-10-17-8-4-3-5-9-17/h3-6,8-9,11-12,14,20-23,25H,7,10,13,15-16H2,1-2H3/t20-,21+,22-,23+/m0/s1. The predicted octanol–water partition coefficient (Wildman–Crippen LogP) is 2.46. The number of aromatic nitrogens is 4. The number of nitrogens with zero attached hydrogens (tertiary/aromatic N) is 5. The van der Waals surface area contributed by atoms with Crippen LogP contribution in [0.25, 0.3) is 0 Å². The highest BCUT2D eigenvalue weighted by Crippen LogP contribution is 2.36. The lowest BCUT2D eigenvalue weighted by Crippen LogP contribution is -2.41. The number of nitrogens with one attached hydrogen (secondary N) is 1. The molecule has 2 aliphatic rings. The van der Waals surface area contributed by atoms with Gasteiger partial charge in [0.1, 0.15) is 24.0 Å². The van der Waals surface area contributed by atoms with Gasteiger partial charge in [-0.3, -0.25) is 0 Å². The van der Waals surface area contributed by atoms with Crippen molar-refractivity contribution in [2.45, 2.75) is 37.1 Å². The second kappa shape index (κ2) is 9.86. The first kappa shape index (κ1) is 21.8. The Kier molecular flexibility index (Phi) is 6.52. The summed E-state index contributed by atoms with van der Waals surface area (Å²) in [5.41, 5.74) is 2.40. The van der Waals surface area contributed by atoms with Gasteiger partial charge in [0.05, 0.1) is 19.3 Å². The zero-order valence-electron chi connectivity index (χ0n) is 19.0. The first-order valence-corrected chi connectivity index (χ1v) is 11.4. The number of aryl methyl sites for hydroxylation is 1. The molecule has 2 aliphatic heterocycles. The maximum atomic E-state index is 6.13. The minimum Gasteiger partial charge on any atom is -0.423 e. The summed E-state index contributed by atoms with van der Waals surface area (Å²) in [6, 6.07) is 18.7. The van der Waals surface area contributed by atoms with E-state index in [-0.39, 0.29) is 24.3 Å². The molecule has 33 heavy (non-hydrogen) atoms. The lowest BCUT2D eigenvalue weighted by Gasteiger charge is -2.18. The molecule has 5 rings (SSSR count). The first-order valence-electron chi connectivity index (χ1n) is 11.4. The van der Waals surface area contributed by atoms with E-state index in [1.165, 1.54) is 5.56 Å². The van der Waals surface area contributed by atoms with Crippen LogP contribution in [0.5, 0.6) is 11.8 Å². The smallest absolute Gasteiger partial charge is 0.341 e. The van der Waals surface area contributed by atoms with Crippen molar-refractivity contribution in [3.63, 3.8) is 0 Å². The Hall–Kier alpha value is -3.01. The highest BCUT2D eigenvalue weighted by molar-refractivity contribution is 5.49. The van der Waals surface area contributed by atoms with Gasteiger partial charge < -0.3 is 24.4 Å². The molecule has 2 fully saturated rings. The Bertz CT molecular complexity index is 1040. The minimum absolute atomic E-state index is 0.0270. The van der Waals surface area contributed by atoms with Crippen molar-refractivity contribution < 1.29 is 14.2 Å². The zero-order chi connectivity index (χ0) is 22.6. The number of hydrogen-bond donors (Lipinski definition) is 1. The highest BCUT2D eigenvalue weighted by Gasteiger charge is 2.49. The van der Waals surface area contributed by atoms with Gasteiger partial charge in [0.15, 0.2) is 0 Å². The summed E-state index contributed by atoms with van der Waals surface area (Å²) in [4.78, 5) is 2.02. The molecule has 0 aliphatic carbocycles. The molecule has 0 saturated carbocycles. The maximum Gasteiger partial charge on any atom is 0.341 e. The van der Waals surface area contributed by atoms with Crippen LogP contribution < -0.4 is 15.0 Å². The van der Waals surface area contributed by atoms with E-state index in [9.17, 15) is 0 Å². The number of fused-ring (bicyclic) bond motifs is 1. The number of anilines is 1. The topological polar surface area (TPSA) is 86.6 Å². The van der Waals surface area contributed by atoms with Gasteiger partial charge in [-0.05, 0) is 47.5 Å². The van der Waals surface area contributed by atoms with Crippen molar-refractivity contribution in [3.05, 3.63) is 60.2 Å². The fourth-order valence-corrected chi connectivity index (χ4v) is 4.48. The molecule has 9 heteroatoms. The largest absolute Gasteiger partial charge is 0.423 e. The van der Waals surface area contributed by atoms with Gasteiger partial charge in [-0.25, -0.2) is 0 Å². The van der Waals surface area contributed by atoms with Gasteiger partial charge in [0, 0.05) is 25.8 Å². The van der Waals surface area contributed by atoms with Crippen LogP contribution in [-0.2, 0) is 15.9 Å². The van der Waals surface area contributed by atoms with E-state index >= 15 is 0 Å². The van der Waals surface area contributed by atoms with Crippen molar-refractivity contribution in [1.82, 2.24) is 25.5 Å². The third-order valence-corrected chi connectivity index (χ3v) is 6.24. The van der Waals surface area contributed by atoms with E-state index in [0.717, 1.165) is 25.1 Å².